The summed E-state index contributed by atoms with van der Waals surface area (Å²) in [5.74, 6) is -0.630. The van der Waals surface area contributed by atoms with Crippen LogP contribution in [0.2, 0.25) is 0 Å². The standard InChI is InChI=1S/C13H11F3N4O3/c1-7-5-11(19(2)18-7)17-12(21)9-4-3-8(13(14,15)16)6-10(9)20(22)23/h3-6H,1-2H3,(H,17,21). The number of nitrogens with one attached hydrogen (secondary N) is 1. The number of aromatic nitrogens is 2. The van der Waals surface area contributed by atoms with E-state index in [1.807, 2.05) is 0 Å². The summed E-state index contributed by atoms with van der Waals surface area (Å²) in [4.78, 5) is 22.1. The Labute approximate surface area is 127 Å². The van der Waals surface area contributed by atoms with E-state index in [9.17, 15) is 28.1 Å². The molecule has 0 bridgehead atoms. The lowest BCUT2D eigenvalue weighted by Gasteiger charge is -2.09. The van der Waals surface area contributed by atoms with Gasteiger partial charge in [0.05, 0.1) is 16.2 Å². The minimum atomic E-state index is -4.74. The molecule has 1 aromatic carbocycles. The summed E-state index contributed by atoms with van der Waals surface area (Å²) < 4.78 is 39.2. The van der Waals surface area contributed by atoms with Crippen LogP contribution in [0.1, 0.15) is 21.6 Å². The Morgan fingerprint density at radius 2 is 2.00 bits per heavy atom. The van der Waals surface area contributed by atoms with Gasteiger partial charge < -0.3 is 5.32 Å². The van der Waals surface area contributed by atoms with Crippen LogP contribution in [-0.4, -0.2) is 20.6 Å². The fourth-order valence-corrected chi connectivity index (χ4v) is 1.96. The number of hydrogen-bond donors (Lipinski definition) is 1. The Kier molecular flexibility index (Phi) is 4.08. The second kappa shape index (κ2) is 5.71. The van der Waals surface area contributed by atoms with E-state index >= 15 is 0 Å². The molecule has 122 valence electrons. The summed E-state index contributed by atoms with van der Waals surface area (Å²) in [5, 5.41) is 17.3. The molecule has 0 unspecified atom stereocenters. The number of nitro benzene ring substituents is 1. The highest BCUT2D eigenvalue weighted by Crippen LogP contribution is 2.33. The van der Waals surface area contributed by atoms with Gasteiger partial charge in [-0.3, -0.25) is 19.6 Å². The van der Waals surface area contributed by atoms with Gasteiger partial charge in [-0.05, 0) is 19.1 Å². The van der Waals surface area contributed by atoms with Gasteiger partial charge in [0.2, 0.25) is 0 Å². The van der Waals surface area contributed by atoms with Crippen LogP contribution in [0.3, 0.4) is 0 Å². The third kappa shape index (κ3) is 3.47. The van der Waals surface area contributed by atoms with E-state index in [1.165, 1.54) is 10.7 Å². The van der Waals surface area contributed by atoms with Crippen LogP contribution in [0.15, 0.2) is 24.3 Å². The van der Waals surface area contributed by atoms with Gasteiger partial charge in [-0.15, -0.1) is 0 Å². The number of rotatable bonds is 3. The maximum atomic E-state index is 12.6. The Balaban J connectivity index is 2.40. The number of anilines is 1. The van der Waals surface area contributed by atoms with Crippen LogP contribution in [-0.2, 0) is 13.2 Å². The van der Waals surface area contributed by atoms with Gasteiger partial charge in [0.25, 0.3) is 11.6 Å². The SMILES string of the molecule is Cc1cc(NC(=O)c2ccc(C(F)(F)F)cc2[N+](=O)[O-])n(C)n1. The summed E-state index contributed by atoms with van der Waals surface area (Å²) in [7, 11) is 1.55. The summed E-state index contributed by atoms with van der Waals surface area (Å²) in [6, 6.07) is 3.26. The van der Waals surface area contributed by atoms with Gasteiger partial charge in [0, 0.05) is 19.2 Å². The van der Waals surface area contributed by atoms with E-state index in [1.54, 1.807) is 14.0 Å². The van der Waals surface area contributed by atoms with Crippen LogP contribution in [0.4, 0.5) is 24.7 Å². The Hall–Kier alpha value is -2.91. The zero-order valence-electron chi connectivity index (χ0n) is 12.0. The fraction of sp³-hybridized carbons (Fsp3) is 0.231. The topological polar surface area (TPSA) is 90.1 Å². The van der Waals surface area contributed by atoms with Gasteiger partial charge in [-0.2, -0.15) is 18.3 Å². The van der Waals surface area contributed by atoms with Crippen LogP contribution >= 0.6 is 0 Å². The normalized spacial score (nSPS) is 11.3. The van der Waals surface area contributed by atoms with Crippen molar-refractivity contribution in [3.8, 4) is 0 Å². The monoisotopic (exact) mass is 328 g/mol. The first kappa shape index (κ1) is 16.5. The van der Waals surface area contributed by atoms with Crippen molar-refractivity contribution in [2.24, 2.45) is 7.05 Å². The molecule has 0 radical (unpaired) electrons. The molecule has 1 heterocycles. The number of carbonyl (C=O) groups is 1. The molecule has 0 saturated heterocycles. The third-order valence-corrected chi connectivity index (χ3v) is 3.01. The number of aryl methyl sites for hydroxylation is 2. The van der Waals surface area contributed by atoms with Crippen LogP contribution < -0.4 is 5.32 Å². The Morgan fingerprint density at radius 1 is 1.35 bits per heavy atom. The minimum absolute atomic E-state index is 0.265. The average molecular weight is 328 g/mol. The molecule has 0 aliphatic carbocycles. The third-order valence-electron chi connectivity index (χ3n) is 3.01. The van der Waals surface area contributed by atoms with E-state index in [-0.39, 0.29) is 5.82 Å². The number of benzene rings is 1. The highest BCUT2D eigenvalue weighted by atomic mass is 19.4. The van der Waals surface area contributed by atoms with Crippen molar-refractivity contribution in [2.45, 2.75) is 13.1 Å². The molecule has 7 nitrogen and oxygen atoms in total. The lowest BCUT2D eigenvalue weighted by Crippen LogP contribution is -2.17. The summed E-state index contributed by atoms with van der Waals surface area (Å²) >= 11 is 0. The van der Waals surface area contributed by atoms with E-state index in [0.717, 1.165) is 6.07 Å². The number of carbonyl (C=O) groups excluding carboxylic acids is 1. The molecule has 0 aliphatic heterocycles. The van der Waals surface area contributed by atoms with Crippen LogP contribution in [0, 0.1) is 17.0 Å². The number of halogens is 3. The highest BCUT2D eigenvalue weighted by Gasteiger charge is 2.34. The predicted molar refractivity (Wildman–Crippen MR) is 74.0 cm³/mol. The minimum Gasteiger partial charge on any atom is -0.307 e. The molecular weight excluding hydrogens is 317 g/mol. The molecule has 0 aliphatic rings. The summed E-state index contributed by atoms with van der Waals surface area (Å²) in [5.41, 5.74) is -1.99. The lowest BCUT2D eigenvalue weighted by molar-refractivity contribution is -0.385. The van der Waals surface area contributed by atoms with Gasteiger partial charge >= 0.3 is 6.18 Å². The number of nitrogens with zero attached hydrogens (tertiary/aromatic N) is 3. The quantitative estimate of drug-likeness (QED) is 0.693. The number of alkyl halides is 3. The molecule has 2 rings (SSSR count). The van der Waals surface area contributed by atoms with Gasteiger partial charge in [0.15, 0.2) is 0 Å². The second-order valence-corrected chi connectivity index (χ2v) is 4.74. The molecule has 1 amide bonds. The van der Waals surface area contributed by atoms with Gasteiger partial charge in [-0.1, -0.05) is 0 Å². The molecule has 0 fully saturated rings. The molecular formula is C13H11F3N4O3. The van der Waals surface area contributed by atoms with Crippen molar-refractivity contribution < 1.29 is 22.9 Å². The van der Waals surface area contributed by atoms with Gasteiger partial charge in [0.1, 0.15) is 11.4 Å². The van der Waals surface area contributed by atoms with E-state index in [0.29, 0.717) is 17.8 Å². The van der Waals surface area contributed by atoms with Crippen molar-refractivity contribution in [2.75, 3.05) is 5.32 Å². The maximum absolute atomic E-state index is 12.6. The lowest BCUT2D eigenvalue weighted by atomic mass is 10.1. The van der Waals surface area contributed by atoms with Crippen molar-refractivity contribution >= 4 is 17.4 Å². The number of nitro groups is 1. The van der Waals surface area contributed by atoms with Crippen molar-refractivity contribution in [3.05, 3.63) is 51.2 Å². The molecule has 0 saturated carbocycles. The molecule has 0 atom stereocenters. The summed E-state index contributed by atoms with van der Waals surface area (Å²) in [6.45, 7) is 1.68. The summed E-state index contributed by atoms with van der Waals surface area (Å²) in [6.07, 6.45) is -4.74. The first-order valence-electron chi connectivity index (χ1n) is 6.27. The zero-order valence-corrected chi connectivity index (χ0v) is 12.0. The number of hydrogen-bond acceptors (Lipinski definition) is 4. The Bertz CT molecular complexity index is 783. The largest absolute Gasteiger partial charge is 0.416 e. The fourth-order valence-electron chi connectivity index (χ4n) is 1.96. The van der Waals surface area contributed by atoms with Crippen LogP contribution in [0.5, 0.6) is 0 Å². The maximum Gasteiger partial charge on any atom is 0.416 e. The van der Waals surface area contributed by atoms with Gasteiger partial charge in [-0.25, -0.2) is 0 Å². The van der Waals surface area contributed by atoms with Crippen molar-refractivity contribution in [3.63, 3.8) is 0 Å². The molecule has 1 N–H and O–H groups in total. The molecule has 23 heavy (non-hydrogen) atoms. The predicted octanol–water partition coefficient (Wildman–Crippen LogP) is 2.91. The van der Waals surface area contributed by atoms with Crippen LogP contribution in [0.25, 0.3) is 0 Å². The Morgan fingerprint density at radius 3 is 2.48 bits per heavy atom. The van der Waals surface area contributed by atoms with Crippen molar-refractivity contribution in [1.82, 2.24) is 9.78 Å². The first-order valence-corrected chi connectivity index (χ1v) is 6.27. The first-order chi connectivity index (χ1) is 10.6. The molecule has 0 spiro atoms. The molecule has 10 heteroatoms. The molecule has 1 aromatic heterocycles. The second-order valence-electron chi connectivity index (χ2n) is 4.74. The van der Waals surface area contributed by atoms with E-state index in [4.69, 9.17) is 0 Å². The highest BCUT2D eigenvalue weighted by molar-refractivity contribution is 6.06. The molecule has 2 aromatic rings. The van der Waals surface area contributed by atoms with E-state index in [2.05, 4.69) is 10.4 Å². The smallest absolute Gasteiger partial charge is 0.307 e. The number of amides is 1. The average Bonchev–Trinajstić information content (AvgIpc) is 2.75. The zero-order chi connectivity index (χ0) is 17.4. The van der Waals surface area contributed by atoms with E-state index < -0.39 is 33.8 Å². The van der Waals surface area contributed by atoms with Crippen molar-refractivity contribution in [1.29, 1.82) is 0 Å².